The van der Waals surface area contributed by atoms with Crippen LogP contribution in [0, 0.1) is 12.3 Å². The van der Waals surface area contributed by atoms with Gasteiger partial charge in [-0.05, 0) is 27.1 Å². The van der Waals surface area contributed by atoms with Crippen molar-refractivity contribution in [1.82, 2.24) is 9.80 Å². The summed E-state index contributed by atoms with van der Waals surface area (Å²) in [5, 5.41) is 0. The van der Waals surface area contributed by atoms with Crippen LogP contribution in [-0.4, -0.2) is 50.1 Å². The van der Waals surface area contributed by atoms with E-state index in [0.29, 0.717) is 0 Å². The topological polar surface area (TPSA) is 6.48 Å². The van der Waals surface area contributed by atoms with Crippen molar-refractivity contribution >= 4 is 0 Å². The van der Waals surface area contributed by atoms with Gasteiger partial charge in [-0.15, -0.1) is 12.3 Å². The summed E-state index contributed by atoms with van der Waals surface area (Å²) in [4.78, 5) is 4.64. The van der Waals surface area contributed by atoms with Crippen LogP contribution in [0.25, 0.3) is 0 Å². The minimum Gasteiger partial charge on any atom is -0.308 e. The molecule has 0 heterocycles. The van der Waals surface area contributed by atoms with Gasteiger partial charge < -0.3 is 9.80 Å². The third-order valence-corrected chi connectivity index (χ3v) is 1.98. The minimum atomic E-state index is 0.868. The monoisotopic (exact) mass is 182 g/mol. The molecule has 0 fully saturated rings. The van der Waals surface area contributed by atoms with Crippen LogP contribution in [0.5, 0.6) is 0 Å². The number of hydrogen-bond acceptors (Lipinski definition) is 2. The molecule has 0 aromatic rings. The standard InChI is InChI=1S/C11H22N2/c1-5-7-9-13(8-6-2)11-10-12(3)4/h1H,6-11H2,2-4H3. The van der Waals surface area contributed by atoms with E-state index in [1.54, 1.807) is 0 Å². The number of likely N-dealkylation sites (N-methyl/N-ethyl adjacent to an activating group) is 1. The van der Waals surface area contributed by atoms with Gasteiger partial charge in [0.15, 0.2) is 0 Å². The highest BCUT2D eigenvalue weighted by Crippen LogP contribution is 1.93. The summed E-state index contributed by atoms with van der Waals surface area (Å²) in [5.41, 5.74) is 0. The predicted octanol–water partition coefficient (Wildman–Crippen LogP) is 1.28. The molecule has 0 N–H and O–H groups in total. The zero-order chi connectivity index (χ0) is 10.1. The van der Waals surface area contributed by atoms with Crippen LogP contribution in [0.1, 0.15) is 19.8 Å². The Kier molecular flexibility index (Phi) is 7.77. The number of terminal acetylenes is 1. The van der Waals surface area contributed by atoms with Crippen molar-refractivity contribution in [3.63, 3.8) is 0 Å². The molecule has 0 atom stereocenters. The molecule has 0 unspecified atom stereocenters. The van der Waals surface area contributed by atoms with Crippen LogP contribution in [0.3, 0.4) is 0 Å². The van der Waals surface area contributed by atoms with Gasteiger partial charge in [0, 0.05) is 26.1 Å². The van der Waals surface area contributed by atoms with E-state index in [9.17, 15) is 0 Å². The van der Waals surface area contributed by atoms with E-state index in [4.69, 9.17) is 6.42 Å². The molecular formula is C11H22N2. The van der Waals surface area contributed by atoms with Crippen LogP contribution in [0.2, 0.25) is 0 Å². The first-order valence-electron chi connectivity index (χ1n) is 5.01. The van der Waals surface area contributed by atoms with Crippen molar-refractivity contribution in [1.29, 1.82) is 0 Å². The smallest absolute Gasteiger partial charge is 0.0214 e. The maximum absolute atomic E-state index is 5.24. The van der Waals surface area contributed by atoms with Crippen LogP contribution >= 0.6 is 0 Å². The third-order valence-electron chi connectivity index (χ3n) is 1.98. The molecule has 0 aliphatic rings. The van der Waals surface area contributed by atoms with E-state index < -0.39 is 0 Å². The van der Waals surface area contributed by atoms with Gasteiger partial charge >= 0.3 is 0 Å². The molecule has 2 heteroatoms. The van der Waals surface area contributed by atoms with Crippen molar-refractivity contribution in [3.05, 3.63) is 0 Å². The third kappa shape index (κ3) is 7.83. The van der Waals surface area contributed by atoms with Crippen molar-refractivity contribution in [2.75, 3.05) is 40.3 Å². The Morgan fingerprint density at radius 3 is 2.23 bits per heavy atom. The van der Waals surface area contributed by atoms with Gasteiger partial charge in [-0.3, -0.25) is 0 Å². The molecule has 0 rings (SSSR count). The fourth-order valence-electron chi connectivity index (χ4n) is 1.22. The van der Waals surface area contributed by atoms with Crippen LogP contribution < -0.4 is 0 Å². The molecule has 76 valence electrons. The highest BCUT2D eigenvalue weighted by Gasteiger charge is 2.02. The molecule has 2 nitrogen and oxygen atoms in total. The van der Waals surface area contributed by atoms with Gasteiger partial charge in [0.1, 0.15) is 0 Å². The van der Waals surface area contributed by atoms with Gasteiger partial charge in [-0.1, -0.05) is 6.92 Å². The number of nitrogens with zero attached hydrogens (tertiary/aromatic N) is 2. The molecular weight excluding hydrogens is 160 g/mol. The number of rotatable bonds is 7. The lowest BCUT2D eigenvalue weighted by Crippen LogP contribution is -2.33. The summed E-state index contributed by atoms with van der Waals surface area (Å²) >= 11 is 0. The fourth-order valence-corrected chi connectivity index (χ4v) is 1.22. The SMILES string of the molecule is C#CCCN(CCC)CCN(C)C. The van der Waals surface area contributed by atoms with Gasteiger partial charge in [0.25, 0.3) is 0 Å². The highest BCUT2D eigenvalue weighted by atomic mass is 15.2. The summed E-state index contributed by atoms with van der Waals surface area (Å²) in [7, 11) is 4.20. The predicted molar refractivity (Wildman–Crippen MR) is 58.7 cm³/mol. The van der Waals surface area contributed by atoms with Gasteiger partial charge in [-0.25, -0.2) is 0 Å². The molecule has 0 bridgehead atoms. The van der Waals surface area contributed by atoms with Gasteiger partial charge in [0.05, 0.1) is 0 Å². The summed E-state index contributed by atoms with van der Waals surface area (Å²) in [6, 6.07) is 0. The molecule has 0 aliphatic carbocycles. The first-order valence-corrected chi connectivity index (χ1v) is 5.01. The molecule has 0 saturated carbocycles. The first kappa shape index (κ1) is 12.5. The number of hydrogen-bond donors (Lipinski definition) is 0. The Morgan fingerprint density at radius 1 is 1.08 bits per heavy atom. The minimum absolute atomic E-state index is 0.868. The van der Waals surface area contributed by atoms with Gasteiger partial charge in [0.2, 0.25) is 0 Å². The van der Waals surface area contributed by atoms with Crippen LogP contribution in [0.15, 0.2) is 0 Å². The van der Waals surface area contributed by atoms with E-state index in [-0.39, 0.29) is 0 Å². The molecule has 0 amide bonds. The highest BCUT2D eigenvalue weighted by molar-refractivity contribution is 4.84. The van der Waals surface area contributed by atoms with Crippen LogP contribution in [0.4, 0.5) is 0 Å². The zero-order valence-corrected chi connectivity index (χ0v) is 9.21. The molecule has 0 aromatic carbocycles. The normalized spacial score (nSPS) is 10.8. The molecule has 0 aliphatic heterocycles. The van der Waals surface area contributed by atoms with E-state index in [1.165, 1.54) is 6.42 Å². The summed E-state index contributed by atoms with van der Waals surface area (Å²) in [5.74, 6) is 2.69. The quantitative estimate of drug-likeness (QED) is 0.547. The maximum Gasteiger partial charge on any atom is 0.0214 e. The molecule has 0 aromatic heterocycles. The van der Waals surface area contributed by atoms with E-state index in [1.807, 2.05) is 0 Å². The lowest BCUT2D eigenvalue weighted by molar-refractivity contribution is 0.246. The Balaban J connectivity index is 3.61. The Labute approximate surface area is 82.9 Å². The van der Waals surface area contributed by atoms with Crippen LogP contribution in [-0.2, 0) is 0 Å². The molecule has 0 saturated heterocycles. The van der Waals surface area contributed by atoms with Gasteiger partial charge in [-0.2, -0.15) is 0 Å². The fraction of sp³-hybridized carbons (Fsp3) is 0.818. The molecule has 0 spiro atoms. The molecule has 0 radical (unpaired) electrons. The van der Waals surface area contributed by atoms with Crippen molar-refractivity contribution in [2.45, 2.75) is 19.8 Å². The van der Waals surface area contributed by atoms with Crippen molar-refractivity contribution in [3.8, 4) is 12.3 Å². The Bertz CT molecular complexity index is 147. The largest absolute Gasteiger partial charge is 0.308 e. The van der Waals surface area contributed by atoms with Crippen molar-refractivity contribution in [2.24, 2.45) is 0 Å². The maximum atomic E-state index is 5.24. The average molecular weight is 182 g/mol. The lowest BCUT2D eigenvalue weighted by atomic mass is 10.3. The first-order chi connectivity index (χ1) is 6.20. The second-order valence-electron chi connectivity index (χ2n) is 3.60. The zero-order valence-electron chi connectivity index (χ0n) is 9.21. The summed E-state index contributed by atoms with van der Waals surface area (Å²) < 4.78 is 0. The summed E-state index contributed by atoms with van der Waals surface area (Å²) in [6.45, 7) is 6.65. The second-order valence-corrected chi connectivity index (χ2v) is 3.60. The lowest BCUT2D eigenvalue weighted by Gasteiger charge is -2.22. The van der Waals surface area contributed by atoms with E-state index in [2.05, 4.69) is 36.7 Å². The molecule has 13 heavy (non-hydrogen) atoms. The van der Waals surface area contributed by atoms with Crippen molar-refractivity contribution < 1.29 is 0 Å². The average Bonchev–Trinajstić information content (AvgIpc) is 2.09. The van der Waals surface area contributed by atoms with E-state index >= 15 is 0 Å². The Morgan fingerprint density at radius 2 is 1.77 bits per heavy atom. The summed E-state index contributed by atoms with van der Waals surface area (Å²) in [6.07, 6.45) is 7.32. The van der Waals surface area contributed by atoms with E-state index in [0.717, 1.165) is 32.6 Å². The Hall–Kier alpha value is -0.520. The second kappa shape index (κ2) is 8.10.